The molecule has 0 bridgehead atoms. The Bertz CT molecular complexity index is 2110. The van der Waals surface area contributed by atoms with Crippen LogP contribution < -0.4 is 19.3 Å². The summed E-state index contributed by atoms with van der Waals surface area (Å²) in [6.07, 6.45) is 4.01. The number of rotatable bonds is 8. The Morgan fingerprint density at radius 3 is 1.63 bits per heavy atom. The van der Waals surface area contributed by atoms with Gasteiger partial charge in [0.25, 0.3) is 0 Å². The number of fused-ring (bicyclic) bond motifs is 2. The molecule has 5 heteroatoms. The SMILES string of the molecule is CC(C)c1cccc(C(C)C)c1N1c2ncc[n+]3c2N(c2c(C(C)C)cccc2C3C)C1c1ccc(N(c2ccccc2)c2ccccc2)cc1. The standard InChI is InChI=1S/C46H48N5/c1-30(2)38-20-14-21-39(31(3)4)42(38)50-44-46-48(29-28-47-44)33(7)41-23-15-22-40(32(5)6)43(41)51(46)45(50)34-24-26-37(27-25-34)49(35-16-10-8-11-17-35)36-18-12-9-13-19-36/h8-33,45H,1-7H3/q+1. The van der Waals surface area contributed by atoms with Crippen molar-refractivity contribution in [2.24, 2.45) is 0 Å². The molecule has 6 aromatic rings. The molecule has 0 saturated heterocycles. The lowest BCUT2D eigenvalue weighted by atomic mass is 9.91. The summed E-state index contributed by atoms with van der Waals surface area (Å²) in [5.74, 6) is 3.19. The summed E-state index contributed by atoms with van der Waals surface area (Å²) in [5, 5.41) is 0. The third-order valence-electron chi connectivity index (χ3n) is 10.7. The lowest BCUT2D eigenvalue weighted by molar-refractivity contribution is -0.699. The highest BCUT2D eigenvalue weighted by Crippen LogP contribution is 2.58. The molecular formula is C46H48N5+. The number of hydrogen-bond donors (Lipinski definition) is 0. The van der Waals surface area contributed by atoms with Crippen LogP contribution in [0.4, 0.5) is 40.1 Å². The fourth-order valence-electron chi connectivity index (χ4n) is 8.23. The zero-order valence-electron chi connectivity index (χ0n) is 30.8. The predicted molar refractivity (Wildman–Crippen MR) is 212 cm³/mol. The van der Waals surface area contributed by atoms with Gasteiger partial charge in [0.15, 0.2) is 0 Å². The molecule has 2 atom stereocenters. The van der Waals surface area contributed by atoms with Crippen LogP contribution in [0.3, 0.4) is 0 Å². The predicted octanol–water partition coefficient (Wildman–Crippen LogP) is 12.1. The summed E-state index contributed by atoms with van der Waals surface area (Å²) < 4.78 is 2.44. The van der Waals surface area contributed by atoms with E-state index in [9.17, 15) is 0 Å². The molecule has 2 aliphatic heterocycles. The van der Waals surface area contributed by atoms with E-state index in [-0.39, 0.29) is 12.2 Å². The second kappa shape index (κ2) is 13.0. The smallest absolute Gasteiger partial charge is 0.311 e. The van der Waals surface area contributed by atoms with E-state index in [0.29, 0.717) is 17.8 Å². The zero-order valence-corrected chi connectivity index (χ0v) is 30.8. The van der Waals surface area contributed by atoms with Gasteiger partial charge in [-0.3, -0.25) is 4.90 Å². The van der Waals surface area contributed by atoms with E-state index in [2.05, 4.69) is 195 Å². The summed E-state index contributed by atoms with van der Waals surface area (Å²) >= 11 is 0. The topological polar surface area (TPSA) is 26.5 Å². The number of anilines is 7. The molecular weight excluding hydrogens is 623 g/mol. The van der Waals surface area contributed by atoms with Gasteiger partial charge in [0.2, 0.25) is 12.0 Å². The van der Waals surface area contributed by atoms with Crippen molar-refractivity contribution in [1.29, 1.82) is 0 Å². The first-order chi connectivity index (χ1) is 24.8. The van der Waals surface area contributed by atoms with Crippen molar-refractivity contribution in [3.8, 4) is 0 Å². The van der Waals surface area contributed by atoms with Crippen molar-refractivity contribution < 1.29 is 4.57 Å². The minimum absolute atomic E-state index is 0.152. The number of hydrogen-bond acceptors (Lipinski definition) is 4. The van der Waals surface area contributed by atoms with Gasteiger partial charge in [-0.05, 0) is 72.2 Å². The van der Waals surface area contributed by atoms with Crippen molar-refractivity contribution >= 4 is 40.1 Å². The minimum atomic E-state index is -0.152. The van der Waals surface area contributed by atoms with E-state index in [1.54, 1.807) is 0 Å². The normalized spacial score (nSPS) is 16.2. The maximum absolute atomic E-state index is 5.25. The van der Waals surface area contributed by atoms with Gasteiger partial charge in [0, 0.05) is 33.8 Å². The maximum Gasteiger partial charge on any atom is 0.328 e. The van der Waals surface area contributed by atoms with E-state index in [0.717, 1.165) is 28.7 Å². The molecule has 1 aromatic heterocycles. The summed E-state index contributed by atoms with van der Waals surface area (Å²) in [7, 11) is 0. The van der Waals surface area contributed by atoms with Crippen molar-refractivity contribution in [2.45, 2.75) is 78.4 Å². The first kappa shape index (κ1) is 32.8. The third-order valence-corrected chi connectivity index (χ3v) is 10.7. The minimum Gasteiger partial charge on any atom is -0.311 e. The molecule has 0 spiro atoms. The van der Waals surface area contributed by atoms with Gasteiger partial charge in [-0.15, -0.1) is 0 Å². The highest BCUT2D eigenvalue weighted by atomic mass is 15.5. The molecule has 2 unspecified atom stereocenters. The molecule has 8 rings (SSSR count). The van der Waals surface area contributed by atoms with Crippen LogP contribution in [0.1, 0.15) is 106 Å². The number of para-hydroxylation sites is 4. The van der Waals surface area contributed by atoms with Crippen LogP contribution in [0.5, 0.6) is 0 Å². The average Bonchev–Trinajstić information content (AvgIpc) is 3.49. The Kier molecular flexibility index (Phi) is 8.38. The average molecular weight is 671 g/mol. The first-order valence-electron chi connectivity index (χ1n) is 18.5. The fraction of sp³-hybridized carbons (Fsp3) is 0.261. The van der Waals surface area contributed by atoms with Crippen molar-refractivity contribution in [1.82, 2.24) is 4.98 Å². The van der Waals surface area contributed by atoms with Gasteiger partial charge in [0.05, 0.1) is 11.9 Å². The summed E-state index contributed by atoms with van der Waals surface area (Å²) in [5.41, 5.74) is 12.6. The van der Waals surface area contributed by atoms with E-state index in [1.165, 1.54) is 39.2 Å². The van der Waals surface area contributed by atoms with Crippen molar-refractivity contribution in [2.75, 3.05) is 14.7 Å². The Hall–Kier alpha value is -5.42. The quantitative estimate of drug-likeness (QED) is 0.151. The number of nitrogens with zero attached hydrogens (tertiary/aromatic N) is 5. The summed E-state index contributed by atoms with van der Waals surface area (Å²) in [6, 6.07) is 44.5. The summed E-state index contributed by atoms with van der Waals surface area (Å²) in [6.45, 7) is 16.2. The third kappa shape index (κ3) is 5.38. The van der Waals surface area contributed by atoms with Crippen LogP contribution in [-0.4, -0.2) is 4.98 Å². The highest BCUT2D eigenvalue weighted by Gasteiger charge is 2.54. The molecule has 256 valence electrons. The highest BCUT2D eigenvalue weighted by molar-refractivity contribution is 5.88. The van der Waals surface area contributed by atoms with Gasteiger partial charge < -0.3 is 4.90 Å². The monoisotopic (exact) mass is 670 g/mol. The Balaban J connectivity index is 1.39. The number of benzene rings is 5. The van der Waals surface area contributed by atoms with Crippen LogP contribution in [0.15, 0.2) is 134 Å². The van der Waals surface area contributed by atoms with Gasteiger partial charge in [-0.2, -0.15) is 4.90 Å². The molecule has 2 aliphatic rings. The van der Waals surface area contributed by atoms with E-state index in [4.69, 9.17) is 4.98 Å². The van der Waals surface area contributed by atoms with Crippen LogP contribution in [0, 0.1) is 0 Å². The molecule has 51 heavy (non-hydrogen) atoms. The fourth-order valence-corrected chi connectivity index (χ4v) is 8.23. The Morgan fingerprint density at radius 1 is 0.569 bits per heavy atom. The molecule has 5 nitrogen and oxygen atoms in total. The molecule has 5 aromatic carbocycles. The zero-order chi connectivity index (χ0) is 35.4. The van der Waals surface area contributed by atoms with Crippen LogP contribution in [-0.2, 0) is 0 Å². The summed E-state index contributed by atoms with van der Waals surface area (Å²) in [4.78, 5) is 12.8. The molecule has 0 radical (unpaired) electrons. The molecule has 0 aliphatic carbocycles. The first-order valence-corrected chi connectivity index (χ1v) is 18.5. The van der Waals surface area contributed by atoms with Crippen LogP contribution in [0.25, 0.3) is 0 Å². The van der Waals surface area contributed by atoms with Gasteiger partial charge in [0.1, 0.15) is 17.9 Å². The molecule has 0 amide bonds. The van der Waals surface area contributed by atoms with Crippen molar-refractivity contribution in [3.63, 3.8) is 0 Å². The van der Waals surface area contributed by atoms with Gasteiger partial charge in [-0.25, -0.2) is 9.55 Å². The van der Waals surface area contributed by atoms with Crippen molar-refractivity contribution in [3.05, 3.63) is 162 Å². The molecule has 3 heterocycles. The van der Waals surface area contributed by atoms with Gasteiger partial charge >= 0.3 is 5.82 Å². The number of aromatic nitrogens is 2. The van der Waals surface area contributed by atoms with E-state index < -0.39 is 0 Å². The van der Waals surface area contributed by atoms with Crippen LogP contribution in [0.2, 0.25) is 0 Å². The lowest BCUT2D eigenvalue weighted by Gasteiger charge is -2.35. The van der Waals surface area contributed by atoms with Crippen LogP contribution >= 0.6 is 0 Å². The largest absolute Gasteiger partial charge is 0.328 e. The van der Waals surface area contributed by atoms with E-state index in [1.807, 2.05) is 6.20 Å². The second-order valence-corrected chi connectivity index (χ2v) is 14.9. The second-order valence-electron chi connectivity index (χ2n) is 14.9. The lowest BCUT2D eigenvalue weighted by Crippen LogP contribution is -2.47. The molecule has 0 fully saturated rings. The molecule has 0 saturated carbocycles. The Labute approximate surface area is 303 Å². The molecule has 0 N–H and O–H groups in total. The Morgan fingerprint density at radius 2 is 1.08 bits per heavy atom. The maximum atomic E-state index is 5.25. The van der Waals surface area contributed by atoms with E-state index >= 15 is 0 Å². The van der Waals surface area contributed by atoms with Gasteiger partial charge in [-0.1, -0.05) is 126 Å².